The molecule has 0 atom stereocenters. The molecular weight excluding hydrogens is 342 g/mol. The molecule has 3 nitrogen and oxygen atoms in total. The monoisotopic (exact) mass is 350 g/mol. The van der Waals surface area contributed by atoms with Crippen molar-refractivity contribution in [2.45, 2.75) is 12.5 Å². The largest absolute Gasteiger partial charge is 0.573 e. The number of carbonyl (C=O) groups is 1. The van der Waals surface area contributed by atoms with Crippen LogP contribution in [-0.2, 0) is 6.18 Å². The van der Waals surface area contributed by atoms with Gasteiger partial charge in [-0.2, -0.15) is 13.2 Å². The van der Waals surface area contributed by atoms with E-state index in [4.69, 9.17) is 4.74 Å². The Balaban J connectivity index is 2.33. The van der Waals surface area contributed by atoms with Gasteiger partial charge in [0.05, 0.1) is 0 Å². The Bertz CT molecular complexity index is 719. The van der Waals surface area contributed by atoms with Crippen molar-refractivity contribution in [3.8, 4) is 17.2 Å². The highest BCUT2D eigenvalue weighted by molar-refractivity contribution is 5.74. The second-order valence-electron chi connectivity index (χ2n) is 4.49. The second kappa shape index (κ2) is 6.42. The number of aldehydes is 1. The second-order valence-corrected chi connectivity index (χ2v) is 4.49. The van der Waals surface area contributed by atoms with Crippen molar-refractivity contribution in [1.29, 1.82) is 0 Å². The minimum atomic E-state index is -5.26. The lowest BCUT2D eigenvalue weighted by atomic mass is 10.2. The molecule has 0 saturated heterocycles. The Morgan fingerprint density at radius 3 is 1.92 bits per heavy atom. The summed E-state index contributed by atoms with van der Waals surface area (Å²) in [6, 6.07) is 7.22. The first-order valence-corrected chi connectivity index (χ1v) is 6.28. The van der Waals surface area contributed by atoms with Gasteiger partial charge in [0.1, 0.15) is 29.1 Å². The number of hydrogen-bond acceptors (Lipinski definition) is 3. The third-order valence-electron chi connectivity index (χ3n) is 2.73. The number of halogens is 6. The lowest BCUT2D eigenvalue weighted by molar-refractivity contribution is -0.276. The quantitative estimate of drug-likeness (QED) is 0.561. The summed E-state index contributed by atoms with van der Waals surface area (Å²) in [5.74, 6) is -1.60. The van der Waals surface area contributed by atoms with E-state index in [9.17, 15) is 31.1 Å². The van der Waals surface area contributed by atoms with Gasteiger partial charge in [-0.3, -0.25) is 4.79 Å². The Labute approximate surface area is 131 Å². The molecular formula is C15H8F6O3. The fourth-order valence-corrected chi connectivity index (χ4v) is 1.76. The summed E-state index contributed by atoms with van der Waals surface area (Å²) < 4.78 is 83.8. The molecule has 0 fully saturated rings. The maximum absolute atomic E-state index is 12.9. The highest BCUT2D eigenvalue weighted by atomic mass is 19.4. The van der Waals surface area contributed by atoms with Crippen molar-refractivity contribution < 1.29 is 40.6 Å². The molecule has 0 radical (unpaired) electrons. The van der Waals surface area contributed by atoms with Gasteiger partial charge in [-0.05, 0) is 42.5 Å². The van der Waals surface area contributed by atoms with Gasteiger partial charge in [-0.25, -0.2) is 0 Å². The van der Waals surface area contributed by atoms with Crippen LogP contribution in [0.15, 0.2) is 42.5 Å². The van der Waals surface area contributed by atoms with Crippen LogP contribution in [0.25, 0.3) is 0 Å². The van der Waals surface area contributed by atoms with Crippen molar-refractivity contribution >= 4 is 6.29 Å². The average molecular weight is 350 g/mol. The summed E-state index contributed by atoms with van der Waals surface area (Å²) in [5.41, 5.74) is -1.30. The fraction of sp³-hybridized carbons (Fsp3) is 0.133. The van der Waals surface area contributed by atoms with Gasteiger partial charge in [0, 0.05) is 5.56 Å². The molecule has 0 N–H and O–H groups in total. The van der Waals surface area contributed by atoms with E-state index in [0.29, 0.717) is 24.0 Å². The molecule has 2 rings (SSSR count). The number of alkyl halides is 6. The zero-order valence-electron chi connectivity index (χ0n) is 11.6. The third-order valence-corrected chi connectivity index (χ3v) is 2.73. The number of rotatable bonds is 4. The zero-order valence-corrected chi connectivity index (χ0v) is 11.6. The van der Waals surface area contributed by atoms with Crippen LogP contribution in [0.2, 0.25) is 0 Å². The summed E-state index contributed by atoms with van der Waals surface area (Å²) in [4.78, 5) is 10.5. The summed E-state index contributed by atoms with van der Waals surface area (Å²) in [7, 11) is 0. The Kier molecular flexibility index (Phi) is 4.72. The van der Waals surface area contributed by atoms with Crippen molar-refractivity contribution in [2.24, 2.45) is 0 Å². The number of ether oxygens (including phenoxy) is 2. The number of benzene rings is 2. The molecule has 0 amide bonds. The van der Waals surface area contributed by atoms with Crippen LogP contribution in [0, 0.1) is 0 Å². The molecule has 0 aromatic heterocycles. The van der Waals surface area contributed by atoms with Crippen LogP contribution in [0.5, 0.6) is 17.2 Å². The van der Waals surface area contributed by atoms with Crippen molar-refractivity contribution in [3.05, 3.63) is 53.6 Å². The molecule has 0 aliphatic heterocycles. The fourth-order valence-electron chi connectivity index (χ4n) is 1.76. The van der Waals surface area contributed by atoms with Gasteiger partial charge in [0.25, 0.3) is 0 Å². The minimum Gasteiger partial charge on any atom is -0.457 e. The first-order chi connectivity index (χ1) is 11.1. The van der Waals surface area contributed by atoms with Gasteiger partial charge >= 0.3 is 12.5 Å². The molecule has 0 saturated carbocycles. The lowest BCUT2D eigenvalue weighted by Gasteiger charge is -2.16. The van der Waals surface area contributed by atoms with Crippen molar-refractivity contribution in [2.75, 3.05) is 0 Å². The number of hydrogen-bond donors (Lipinski definition) is 0. The lowest BCUT2D eigenvalue weighted by Crippen LogP contribution is -2.20. The van der Waals surface area contributed by atoms with Gasteiger partial charge in [0.15, 0.2) is 0 Å². The highest BCUT2D eigenvalue weighted by Gasteiger charge is 2.39. The molecule has 2 aromatic rings. The molecule has 0 spiro atoms. The predicted octanol–water partition coefficient (Wildman–Crippen LogP) is 5.21. The molecule has 0 bridgehead atoms. The SMILES string of the molecule is O=Cc1ccc(Oc2ccc(OC(F)(F)F)c(C(F)(F)F)c2)cc1. The van der Waals surface area contributed by atoms with Gasteiger partial charge in [0.2, 0.25) is 0 Å². The van der Waals surface area contributed by atoms with E-state index in [1.165, 1.54) is 24.3 Å². The normalized spacial score (nSPS) is 11.9. The smallest absolute Gasteiger partial charge is 0.457 e. The van der Waals surface area contributed by atoms with E-state index < -0.39 is 23.9 Å². The topological polar surface area (TPSA) is 35.5 Å². The standard InChI is InChI=1S/C15H8F6O3/c16-14(17,18)12-7-11(5-6-13(12)24-15(19,20)21)23-10-3-1-9(8-22)2-4-10/h1-8H. The zero-order chi connectivity index (χ0) is 18.0. The van der Waals surface area contributed by atoms with Gasteiger partial charge in [-0.15, -0.1) is 13.2 Å². The number of carbonyl (C=O) groups excluding carboxylic acids is 1. The van der Waals surface area contributed by atoms with Crippen molar-refractivity contribution in [1.82, 2.24) is 0 Å². The minimum absolute atomic E-state index is 0.109. The van der Waals surface area contributed by atoms with Crippen LogP contribution in [0.1, 0.15) is 15.9 Å². The molecule has 2 aromatic carbocycles. The molecule has 0 unspecified atom stereocenters. The van der Waals surface area contributed by atoms with E-state index in [1.807, 2.05) is 0 Å². The van der Waals surface area contributed by atoms with E-state index in [0.717, 1.165) is 6.07 Å². The van der Waals surface area contributed by atoms with E-state index in [-0.39, 0.29) is 11.5 Å². The van der Waals surface area contributed by atoms with Crippen LogP contribution in [0.4, 0.5) is 26.3 Å². The van der Waals surface area contributed by atoms with E-state index in [2.05, 4.69) is 4.74 Å². The molecule has 0 heterocycles. The Morgan fingerprint density at radius 2 is 1.42 bits per heavy atom. The molecule has 0 aliphatic carbocycles. The van der Waals surface area contributed by atoms with Gasteiger partial charge in [-0.1, -0.05) is 0 Å². The van der Waals surface area contributed by atoms with Crippen LogP contribution >= 0.6 is 0 Å². The first-order valence-electron chi connectivity index (χ1n) is 6.28. The summed E-state index contributed by atoms with van der Waals surface area (Å²) in [6.45, 7) is 0. The van der Waals surface area contributed by atoms with E-state index in [1.54, 1.807) is 0 Å². The third kappa shape index (κ3) is 4.64. The first kappa shape index (κ1) is 17.6. The summed E-state index contributed by atoms with van der Waals surface area (Å²) in [6.07, 6.45) is -9.76. The highest BCUT2D eigenvalue weighted by Crippen LogP contribution is 2.41. The Morgan fingerprint density at radius 1 is 0.833 bits per heavy atom. The van der Waals surface area contributed by atoms with Gasteiger partial charge < -0.3 is 9.47 Å². The predicted molar refractivity (Wildman–Crippen MR) is 70.0 cm³/mol. The Hall–Kier alpha value is -2.71. The molecule has 24 heavy (non-hydrogen) atoms. The van der Waals surface area contributed by atoms with Crippen LogP contribution in [0.3, 0.4) is 0 Å². The van der Waals surface area contributed by atoms with Crippen LogP contribution in [-0.4, -0.2) is 12.6 Å². The maximum Gasteiger partial charge on any atom is 0.573 e. The maximum atomic E-state index is 12.9. The average Bonchev–Trinajstić information content (AvgIpc) is 2.47. The van der Waals surface area contributed by atoms with Crippen LogP contribution < -0.4 is 9.47 Å². The molecule has 0 aliphatic rings. The molecule has 9 heteroatoms. The molecule has 128 valence electrons. The van der Waals surface area contributed by atoms with E-state index >= 15 is 0 Å². The van der Waals surface area contributed by atoms with Crippen molar-refractivity contribution in [3.63, 3.8) is 0 Å². The summed E-state index contributed by atoms with van der Waals surface area (Å²) in [5, 5.41) is 0. The summed E-state index contributed by atoms with van der Waals surface area (Å²) >= 11 is 0.